The first-order chi connectivity index (χ1) is 16.7. The first-order valence-corrected chi connectivity index (χ1v) is 13.0. The summed E-state index contributed by atoms with van der Waals surface area (Å²) in [6.45, 7) is 4.36. The molecule has 2 aliphatic rings. The lowest BCUT2D eigenvalue weighted by Gasteiger charge is -2.26. The van der Waals surface area contributed by atoms with Gasteiger partial charge in [0, 0.05) is 18.8 Å². The van der Waals surface area contributed by atoms with Gasteiger partial charge in [-0.2, -0.15) is 0 Å². The van der Waals surface area contributed by atoms with Crippen LogP contribution in [0.4, 0.5) is 4.39 Å². The van der Waals surface area contributed by atoms with Crippen molar-refractivity contribution >= 4 is 17.7 Å². The van der Waals surface area contributed by atoms with Gasteiger partial charge in [0.1, 0.15) is 11.1 Å². The van der Waals surface area contributed by atoms with Crippen LogP contribution in [0.15, 0.2) is 59.8 Å². The van der Waals surface area contributed by atoms with Gasteiger partial charge in [-0.15, -0.1) is 10.2 Å². The number of carbonyl (C=O) groups is 1. The highest BCUT2D eigenvalue weighted by Crippen LogP contribution is 2.38. The number of hydrogen-bond acceptors (Lipinski definition) is 5. The van der Waals surface area contributed by atoms with Crippen molar-refractivity contribution in [3.05, 3.63) is 71.8 Å². The number of thioether (sulfide) groups is 1. The minimum Gasteiger partial charge on any atom is -0.341 e. The minimum atomic E-state index is -0.412. The zero-order valence-corrected chi connectivity index (χ0v) is 20.1. The van der Waals surface area contributed by atoms with Gasteiger partial charge in [-0.05, 0) is 68.6 Å². The van der Waals surface area contributed by atoms with Crippen LogP contribution in [0.5, 0.6) is 0 Å². The van der Waals surface area contributed by atoms with Gasteiger partial charge < -0.3 is 4.90 Å². The molecule has 0 saturated carbocycles. The number of amides is 1. The van der Waals surface area contributed by atoms with E-state index in [1.54, 1.807) is 12.1 Å². The lowest BCUT2D eigenvalue weighted by atomic mass is 10.1. The van der Waals surface area contributed by atoms with Crippen molar-refractivity contribution in [1.82, 2.24) is 24.6 Å². The molecule has 3 aromatic rings. The van der Waals surface area contributed by atoms with Crippen LogP contribution in [0.25, 0.3) is 5.69 Å². The number of carbonyl (C=O) groups excluding carboxylic acids is 1. The summed E-state index contributed by atoms with van der Waals surface area (Å²) in [4.78, 5) is 17.9. The molecule has 8 heteroatoms. The molecule has 0 aliphatic carbocycles. The van der Waals surface area contributed by atoms with Crippen molar-refractivity contribution in [2.45, 2.75) is 49.1 Å². The molecule has 1 unspecified atom stereocenters. The number of halogens is 1. The van der Waals surface area contributed by atoms with Crippen LogP contribution in [0, 0.1) is 5.82 Å². The average molecular weight is 480 g/mol. The van der Waals surface area contributed by atoms with E-state index in [1.807, 2.05) is 39.8 Å². The molecule has 2 aliphatic heterocycles. The van der Waals surface area contributed by atoms with Gasteiger partial charge in [-0.25, -0.2) is 4.39 Å². The Kier molecular flexibility index (Phi) is 7.25. The van der Waals surface area contributed by atoms with Gasteiger partial charge >= 0.3 is 0 Å². The van der Waals surface area contributed by atoms with Gasteiger partial charge in [0.25, 0.3) is 0 Å². The lowest BCUT2D eigenvalue weighted by molar-refractivity contribution is -0.129. The Balaban J connectivity index is 1.50. The third-order valence-corrected chi connectivity index (χ3v) is 7.75. The second-order valence-electron chi connectivity index (χ2n) is 8.99. The third kappa shape index (κ3) is 5.18. The number of piperidine rings is 1. The molecule has 0 radical (unpaired) electrons. The molecular weight excluding hydrogens is 449 g/mol. The van der Waals surface area contributed by atoms with Crippen LogP contribution < -0.4 is 0 Å². The largest absolute Gasteiger partial charge is 0.341 e. The fraction of sp³-hybridized carbons (Fsp3) is 0.423. The maximum atomic E-state index is 13.7. The van der Waals surface area contributed by atoms with E-state index < -0.39 is 5.25 Å². The fourth-order valence-electron chi connectivity index (χ4n) is 4.74. The molecule has 1 amide bonds. The summed E-state index contributed by atoms with van der Waals surface area (Å²) < 4.78 is 15.7. The van der Waals surface area contributed by atoms with Gasteiger partial charge in [-0.3, -0.25) is 14.3 Å². The highest BCUT2D eigenvalue weighted by molar-refractivity contribution is 8.00. The summed E-state index contributed by atoms with van der Waals surface area (Å²) in [6.07, 6.45) is 5.73. The molecule has 2 saturated heterocycles. The maximum Gasteiger partial charge on any atom is 0.240 e. The zero-order chi connectivity index (χ0) is 23.3. The van der Waals surface area contributed by atoms with E-state index in [9.17, 15) is 9.18 Å². The van der Waals surface area contributed by atoms with E-state index in [4.69, 9.17) is 0 Å². The van der Waals surface area contributed by atoms with Crippen LogP contribution in [0.2, 0.25) is 0 Å². The van der Waals surface area contributed by atoms with Crippen LogP contribution in [-0.4, -0.2) is 56.7 Å². The van der Waals surface area contributed by atoms with E-state index in [-0.39, 0.29) is 11.7 Å². The third-order valence-electron chi connectivity index (χ3n) is 6.57. The predicted molar refractivity (Wildman–Crippen MR) is 131 cm³/mol. The van der Waals surface area contributed by atoms with Crippen LogP contribution in [0.3, 0.4) is 0 Å². The molecule has 5 rings (SSSR count). The average Bonchev–Trinajstić information content (AvgIpc) is 3.55. The predicted octanol–water partition coefficient (Wildman–Crippen LogP) is 4.85. The van der Waals surface area contributed by atoms with E-state index in [1.165, 1.54) is 43.2 Å². The number of hydrogen-bond donors (Lipinski definition) is 0. The number of aromatic nitrogens is 3. The SMILES string of the molecule is O=C(C(Sc1nnc(CN2CCCCC2)n1-c1ccc(F)cc1)c1ccccc1)N1CCCC1. The highest BCUT2D eigenvalue weighted by atomic mass is 32.2. The van der Waals surface area contributed by atoms with Crippen LogP contribution in [0.1, 0.15) is 48.7 Å². The first-order valence-electron chi connectivity index (χ1n) is 12.1. The Labute approximate surface area is 204 Å². The van der Waals surface area contributed by atoms with Crippen molar-refractivity contribution in [2.75, 3.05) is 26.2 Å². The second-order valence-corrected chi connectivity index (χ2v) is 10.1. The maximum absolute atomic E-state index is 13.7. The molecule has 3 heterocycles. The zero-order valence-electron chi connectivity index (χ0n) is 19.3. The summed E-state index contributed by atoms with van der Waals surface area (Å²) in [5, 5.41) is 9.33. The van der Waals surface area contributed by atoms with Crippen LogP contribution >= 0.6 is 11.8 Å². The van der Waals surface area contributed by atoms with Gasteiger partial charge in [-0.1, -0.05) is 48.5 Å². The number of likely N-dealkylation sites (tertiary alicyclic amines) is 2. The number of rotatable bonds is 7. The van der Waals surface area contributed by atoms with Crippen molar-refractivity contribution in [2.24, 2.45) is 0 Å². The Morgan fingerprint density at radius 2 is 1.56 bits per heavy atom. The standard InChI is InChI=1S/C26H30FN5OS/c27-21-11-13-22(14-12-21)32-23(19-30-15-5-2-6-16-30)28-29-26(32)34-24(20-9-3-1-4-10-20)25(33)31-17-7-8-18-31/h1,3-4,9-14,24H,2,5-8,15-19H2. The summed E-state index contributed by atoms with van der Waals surface area (Å²) in [6, 6.07) is 16.3. The summed E-state index contributed by atoms with van der Waals surface area (Å²) >= 11 is 1.43. The first kappa shape index (κ1) is 23.1. The number of nitrogens with zero attached hydrogens (tertiary/aromatic N) is 5. The minimum absolute atomic E-state index is 0.111. The molecule has 6 nitrogen and oxygen atoms in total. The van der Waals surface area contributed by atoms with Gasteiger partial charge in [0.05, 0.1) is 6.54 Å². The van der Waals surface area contributed by atoms with Gasteiger partial charge in [0.2, 0.25) is 5.91 Å². The van der Waals surface area contributed by atoms with E-state index in [2.05, 4.69) is 15.1 Å². The van der Waals surface area contributed by atoms with Crippen molar-refractivity contribution in [3.63, 3.8) is 0 Å². The van der Waals surface area contributed by atoms with Crippen molar-refractivity contribution in [1.29, 1.82) is 0 Å². The topological polar surface area (TPSA) is 54.3 Å². The van der Waals surface area contributed by atoms with Gasteiger partial charge in [0.15, 0.2) is 11.0 Å². The Morgan fingerprint density at radius 3 is 2.26 bits per heavy atom. The van der Waals surface area contributed by atoms with Crippen molar-refractivity contribution < 1.29 is 9.18 Å². The van der Waals surface area contributed by atoms with Crippen LogP contribution in [-0.2, 0) is 11.3 Å². The summed E-state index contributed by atoms with van der Waals surface area (Å²) in [5.74, 6) is 0.645. The smallest absolute Gasteiger partial charge is 0.240 e. The number of benzene rings is 2. The molecule has 2 fully saturated rings. The molecule has 34 heavy (non-hydrogen) atoms. The normalized spacial score (nSPS) is 17.7. The fourth-order valence-corrected chi connectivity index (χ4v) is 5.90. The van der Waals surface area contributed by atoms with E-state index >= 15 is 0 Å². The summed E-state index contributed by atoms with van der Waals surface area (Å²) in [7, 11) is 0. The lowest BCUT2D eigenvalue weighted by Crippen LogP contribution is -2.31. The Bertz CT molecular complexity index is 1090. The monoisotopic (exact) mass is 479 g/mol. The molecule has 178 valence electrons. The second kappa shape index (κ2) is 10.7. The highest BCUT2D eigenvalue weighted by Gasteiger charge is 2.31. The molecular formula is C26H30FN5OS. The molecule has 0 N–H and O–H groups in total. The molecule has 0 spiro atoms. The Hall–Kier alpha value is -2.71. The van der Waals surface area contributed by atoms with E-state index in [0.717, 1.165) is 56.1 Å². The molecule has 1 atom stereocenters. The summed E-state index contributed by atoms with van der Waals surface area (Å²) in [5.41, 5.74) is 1.76. The Morgan fingerprint density at radius 1 is 0.882 bits per heavy atom. The molecule has 1 aromatic heterocycles. The quantitative estimate of drug-likeness (QED) is 0.454. The molecule has 0 bridgehead atoms. The molecule has 2 aromatic carbocycles. The van der Waals surface area contributed by atoms with Crippen molar-refractivity contribution in [3.8, 4) is 5.69 Å². The van der Waals surface area contributed by atoms with E-state index in [0.29, 0.717) is 11.7 Å².